The molecule has 3 unspecified atom stereocenters. The number of nitrogens with two attached hydrogens (primary N) is 1. The summed E-state index contributed by atoms with van der Waals surface area (Å²) in [5.41, 5.74) is 5.95. The van der Waals surface area contributed by atoms with Gasteiger partial charge < -0.3 is 10.6 Å². The Kier molecular flexibility index (Phi) is 10.6. The van der Waals surface area contributed by atoms with Crippen molar-refractivity contribution >= 4 is 11.8 Å². The fourth-order valence-electron chi connectivity index (χ4n) is 5.81. The average molecular weight is 607 g/mol. The molecule has 0 saturated carbocycles. The first kappa shape index (κ1) is 32.9. The van der Waals surface area contributed by atoms with Crippen molar-refractivity contribution in [2.24, 2.45) is 17.6 Å². The molecule has 1 saturated heterocycles. The Labute approximate surface area is 257 Å². The van der Waals surface area contributed by atoms with E-state index in [1.807, 2.05) is 25.1 Å². The summed E-state index contributed by atoms with van der Waals surface area (Å²) in [4.78, 5) is 30.8. The van der Waals surface area contributed by atoms with Crippen LogP contribution in [0.15, 0.2) is 84.8 Å². The van der Waals surface area contributed by atoms with E-state index in [-0.39, 0.29) is 35.4 Å². The third kappa shape index (κ3) is 8.56. The molecule has 234 valence electrons. The van der Waals surface area contributed by atoms with E-state index >= 15 is 4.39 Å². The normalized spacial score (nSPS) is 20.9. The van der Waals surface area contributed by atoms with Crippen LogP contribution in [-0.4, -0.2) is 29.4 Å². The molecule has 2 amide bonds. The van der Waals surface area contributed by atoms with E-state index in [0.717, 1.165) is 19.3 Å². The van der Waals surface area contributed by atoms with Crippen LogP contribution in [0.4, 0.5) is 13.2 Å². The number of benzene rings is 1. The lowest BCUT2D eigenvalue weighted by Crippen LogP contribution is -2.31. The molecule has 4 rings (SSSR count). The van der Waals surface area contributed by atoms with Crippen LogP contribution in [0, 0.1) is 11.8 Å². The predicted molar refractivity (Wildman–Crippen MR) is 167 cm³/mol. The van der Waals surface area contributed by atoms with Crippen LogP contribution in [0.1, 0.15) is 74.0 Å². The summed E-state index contributed by atoms with van der Waals surface area (Å²) in [5.74, 6) is -0.711. The lowest BCUT2D eigenvalue weighted by atomic mass is 9.85. The molecule has 1 fully saturated rings. The van der Waals surface area contributed by atoms with Crippen molar-refractivity contribution in [2.75, 3.05) is 6.54 Å². The zero-order chi connectivity index (χ0) is 31.9. The van der Waals surface area contributed by atoms with Crippen LogP contribution in [0.25, 0.3) is 11.1 Å². The molecule has 1 aromatic heterocycles. The molecule has 44 heavy (non-hydrogen) atoms. The predicted octanol–water partition coefficient (Wildman–Crippen LogP) is 7.05. The Morgan fingerprint density at radius 1 is 1.23 bits per heavy atom. The van der Waals surface area contributed by atoms with Crippen LogP contribution in [0.3, 0.4) is 0 Å². The van der Waals surface area contributed by atoms with Gasteiger partial charge in [0.1, 0.15) is 11.4 Å². The Balaban J connectivity index is 1.73. The van der Waals surface area contributed by atoms with Gasteiger partial charge in [-0.25, -0.2) is 4.39 Å². The summed E-state index contributed by atoms with van der Waals surface area (Å²) in [6.07, 6.45) is 12.7. The van der Waals surface area contributed by atoms with E-state index in [9.17, 15) is 18.4 Å². The Morgan fingerprint density at radius 2 is 2.00 bits per heavy atom. The standard InChI is InChI=1S/C35H41F3N4O2/c1-4-16-34(3,36)30-11-6-5-10-29(30)26-21-25(19-24-9-7-8-17-40-31(43)20-24)32(41-22-26)33(44)42-28-15-14-27(35(37,38)39)13-12-23(2)18-28/h4-6,10-11,13-15,18,21-24H,1,7-9,12,16-17,19-20,39H2,2-3H3,(H,40,43)(H,42,44). The molecule has 2 aromatic rings. The second-order valence-electron chi connectivity index (χ2n) is 12.0. The Bertz CT molecular complexity index is 1470. The van der Waals surface area contributed by atoms with Gasteiger partial charge in [0.25, 0.3) is 5.91 Å². The van der Waals surface area contributed by atoms with E-state index < -0.39 is 17.6 Å². The van der Waals surface area contributed by atoms with Gasteiger partial charge in [-0.3, -0.25) is 20.3 Å². The minimum Gasteiger partial charge on any atom is -0.356 e. The number of alkyl halides is 3. The number of hydrogen-bond acceptors (Lipinski definition) is 4. The van der Waals surface area contributed by atoms with Crippen LogP contribution >= 0.6 is 0 Å². The molecule has 6 nitrogen and oxygen atoms in total. The van der Waals surface area contributed by atoms with Gasteiger partial charge in [-0.15, -0.1) is 6.58 Å². The third-order valence-corrected chi connectivity index (χ3v) is 8.11. The van der Waals surface area contributed by atoms with E-state index in [2.05, 4.69) is 22.2 Å². The van der Waals surface area contributed by atoms with Gasteiger partial charge in [0.2, 0.25) is 5.91 Å². The average Bonchev–Trinajstić information content (AvgIpc) is 2.93. The number of pyridine rings is 1. The van der Waals surface area contributed by atoms with E-state index in [1.165, 1.54) is 25.2 Å². The summed E-state index contributed by atoms with van der Waals surface area (Å²) in [6.45, 7) is 7.71. The van der Waals surface area contributed by atoms with Gasteiger partial charge in [-0.2, -0.15) is 8.78 Å². The van der Waals surface area contributed by atoms with Crippen molar-refractivity contribution < 1.29 is 22.8 Å². The molecule has 0 spiro atoms. The lowest BCUT2D eigenvalue weighted by Gasteiger charge is -2.24. The fraction of sp³-hybridized carbons (Fsp3) is 0.400. The summed E-state index contributed by atoms with van der Waals surface area (Å²) in [7, 11) is 0. The maximum absolute atomic E-state index is 15.8. The Morgan fingerprint density at radius 3 is 2.75 bits per heavy atom. The van der Waals surface area contributed by atoms with Crippen molar-refractivity contribution in [3.05, 3.63) is 102 Å². The molecule has 0 radical (unpaired) electrons. The highest BCUT2D eigenvalue weighted by Gasteiger charge is 2.29. The first-order valence-electron chi connectivity index (χ1n) is 15.1. The quantitative estimate of drug-likeness (QED) is 0.211. The first-order chi connectivity index (χ1) is 20.9. The highest BCUT2D eigenvalue weighted by molar-refractivity contribution is 5.95. The van der Waals surface area contributed by atoms with Gasteiger partial charge in [-0.05, 0) is 79.4 Å². The van der Waals surface area contributed by atoms with Crippen molar-refractivity contribution in [3.8, 4) is 11.1 Å². The van der Waals surface area contributed by atoms with Gasteiger partial charge in [-0.1, -0.05) is 55.8 Å². The number of carbonyl (C=O) groups excluding carboxylic acids is 2. The number of amides is 2. The SMILES string of the molecule is C=CCC(C)(F)c1ccccc1-c1cnc(C(=O)NC2=CC(C)CC=C(C(N)(F)F)C=C2)c(CC2CCCCNC(=O)C2)c1. The maximum atomic E-state index is 15.8. The summed E-state index contributed by atoms with van der Waals surface area (Å²) in [6, 6.07) is 5.51. The summed E-state index contributed by atoms with van der Waals surface area (Å²) in [5, 5.41) is 5.76. The van der Waals surface area contributed by atoms with Gasteiger partial charge in [0, 0.05) is 42.4 Å². The molecule has 9 heteroatoms. The molecular formula is C35H41F3N4O2. The van der Waals surface area contributed by atoms with E-state index in [1.54, 1.807) is 30.5 Å². The number of hydrogen-bond donors (Lipinski definition) is 3. The van der Waals surface area contributed by atoms with Crippen molar-refractivity contribution in [2.45, 2.75) is 70.5 Å². The molecule has 4 N–H and O–H groups in total. The Hall–Kier alpha value is -3.98. The zero-order valence-corrected chi connectivity index (χ0v) is 25.3. The van der Waals surface area contributed by atoms with Crippen molar-refractivity contribution in [3.63, 3.8) is 0 Å². The fourth-order valence-corrected chi connectivity index (χ4v) is 5.81. The molecular weight excluding hydrogens is 565 g/mol. The number of halogens is 3. The summed E-state index contributed by atoms with van der Waals surface area (Å²) >= 11 is 0. The molecule has 2 heterocycles. The molecule has 1 aliphatic carbocycles. The summed E-state index contributed by atoms with van der Waals surface area (Å²) < 4.78 is 43.5. The van der Waals surface area contributed by atoms with E-state index in [4.69, 9.17) is 5.73 Å². The first-order valence-corrected chi connectivity index (χ1v) is 15.1. The molecule has 1 aromatic carbocycles. The number of aromatic nitrogens is 1. The van der Waals surface area contributed by atoms with Crippen molar-refractivity contribution in [1.29, 1.82) is 0 Å². The largest absolute Gasteiger partial charge is 0.356 e. The van der Waals surface area contributed by atoms with Crippen LogP contribution in [0.2, 0.25) is 0 Å². The monoisotopic (exact) mass is 606 g/mol. The molecule has 3 atom stereocenters. The maximum Gasteiger partial charge on any atom is 0.326 e. The topological polar surface area (TPSA) is 97.1 Å². The van der Waals surface area contributed by atoms with Crippen LogP contribution < -0.4 is 16.4 Å². The van der Waals surface area contributed by atoms with Gasteiger partial charge in [0.05, 0.1) is 0 Å². The smallest absolute Gasteiger partial charge is 0.326 e. The lowest BCUT2D eigenvalue weighted by molar-refractivity contribution is -0.122. The van der Waals surface area contributed by atoms with Crippen LogP contribution in [0.5, 0.6) is 0 Å². The van der Waals surface area contributed by atoms with Gasteiger partial charge >= 0.3 is 6.05 Å². The number of nitrogens with zero attached hydrogens (tertiary/aromatic N) is 1. The van der Waals surface area contributed by atoms with Gasteiger partial charge in [0.15, 0.2) is 0 Å². The second-order valence-corrected chi connectivity index (χ2v) is 12.0. The highest BCUT2D eigenvalue weighted by Crippen LogP contribution is 2.38. The number of nitrogens with one attached hydrogen (secondary N) is 2. The molecule has 1 aliphatic heterocycles. The van der Waals surface area contributed by atoms with Crippen molar-refractivity contribution in [1.82, 2.24) is 15.6 Å². The highest BCUT2D eigenvalue weighted by atomic mass is 19.3. The second kappa shape index (κ2) is 14.2. The molecule has 2 aliphatic rings. The minimum absolute atomic E-state index is 0.0265. The minimum atomic E-state index is -3.51. The molecule has 0 bridgehead atoms. The third-order valence-electron chi connectivity index (χ3n) is 8.11. The van der Waals surface area contributed by atoms with E-state index in [0.29, 0.717) is 53.8 Å². The zero-order valence-electron chi connectivity index (χ0n) is 25.3. The van der Waals surface area contributed by atoms with Crippen LogP contribution in [-0.2, 0) is 16.9 Å². The number of rotatable bonds is 9. The number of carbonyl (C=O) groups is 2. The number of allylic oxidation sites excluding steroid dienone is 4.